The molecule has 9 heteroatoms. The lowest BCUT2D eigenvalue weighted by atomic mass is 10.3. The summed E-state index contributed by atoms with van der Waals surface area (Å²) in [6, 6.07) is 6.12. The molecule has 22 heavy (non-hydrogen) atoms. The van der Waals surface area contributed by atoms with E-state index in [9.17, 15) is 14.9 Å². The molecule has 0 spiro atoms. The highest BCUT2D eigenvalue weighted by Gasteiger charge is 2.04. The summed E-state index contributed by atoms with van der Waals surface area (Å²) in [7, 11) is 0. The number of nitro groups is 1. The molecule has 114 valence electrons. The number of primary amides is 1. The van der Waals surface area contributed by atoms with Crippen molar-refractivity contribution in [3.63, 3.8) is 0 Å². The minimum absolute atomic E-state index is 0.0437. The molecule has 2 rings (SSSR count). The van der Waals surface area contributed by atoms with Crippen LogP contribution in [0.5, 0.6) is 0 Å². The minimum Gasteiger partial charge on any atom is -0.383 e. The van der Waals surface area contributed by atoms with Crippen LogP contribution in [0.2, 0.25) is 0 Å². The van der Waals surface area contributed by atoms with Gasteiger partial charge in [-0.05, 0) is 12.1 Å². The molecule has 0 radical (unpaired) electrons. The summed E-state index contributed by atoms with van der Waals surface area (Å²) < 4.78 is 0. The molecule has 0 aliphatic carbocycles. The molecular weight excluding hydrogens is 288 g/mol. The molecule has 0 atom stereocenters. The van der Waals surface area contributed by atoms with Crippen LogP contribution < -0.4 is 16.4 Å². The fraction of sp³-hybridized carbons (Fsp3) is 0.154. The van der Waals surface area contributed by atoms with Crippen LogP contribution in [0.25, 0.3) is 0 Å². The summed E-state index contributed by atoms with van der Waals surface area (Å²) in [6.45, 7) is 1.08. The topological polar surface area (TPSA) is 136 Å². The van der Waals surface area contributed by atoms with Gasteiger partial charge in [-0.25, -0.2) is 4.98 Å². The summed E-state index contributed by atoms with van der Waals surface area (Å²) >= 11 is 0. The lowest BCUT2D eigenvalue weighted by Crippen LogP contribution is -2.17. The molecule has 2 aromatic rings. The average Bonchev–Trinajstić information content (AvgIpc) is 2.52. The van der Waals surface area contributed by atoms with E-state index in [0.29, 0.717) is 18.9 Å². The van der Waals surface area contributed by atoms with E-state index in [-0.39, 0.29) is 11.4 Å². The summed E-state index contributed by atoms with van der Waals surface area (Å²) in [6.07, 6.45) is 2.78. The number of benzene rings is 1. The van der Waals surface area contributed by atoms with E-state index in [1.165, 1.54) is 24.5 Å². The molecule has 0 saturated carbocycles. The van der Waals surface area contributed by atoms with E-state index in [1.807, 2.05) is 0 Å². The van der Waals surface area contributed by atoms with Crippen molar-refractivity contribution in [1.29, 1.82) is 0 Å². The van der Waals surface area contributed by atoms with E-state index >= 15 is 0 Å². The van der Waals surface area contributed by atoms with E-state index in [4.69, 9.17) is 5.73 Å². The first kappa shape index (κ1) is 15.2. The van der Waals surface area contributed by atoms with Crippen molar-refractivity contribution in [2.45, 2.75) is 0 Å². The molecule has 1 amide bonds. The smallest absolute Gasteiger partial charge is 0.269 e. The fourth-order valence-corrected chi connectivity index (χ4v) is 1.67. The van der Waals surface area contributed by atoms with Crippen LogP contribution in [0.15, 0.2) is 36.7 Å². The highest BCUT2D eigenvalue weighted by Crippen LogP contribution is 2.14. The Morgan fingerprint density at radius 1 is 1.18 bits per heavy atom. The second-order valence-electron chi connectivity index (χ2n) is 4.31. The Morgan fingerprint density at radius 2 is 1.86 bits per heavy atom. The Kier molecular flexibility index (Phi) is 4.81. The Hall–Kier alpha value is -3.23. The van der Waals surface area contributed by atoms with Gasteiger partial charge >= 0.3 is 0 Å². The standard InChI is InChI=1S/C13H14N6O3/c14-13(20)11-7-15-8-12(18-11)17-6-5-16-9-1-3-10(4-2-9)19(21)22/h1-4,7-8,16H,5-6H2,(H2,14,20)(H,17,18). The van der Waals surface area contributed by atoms with Gasteiger partial charge in [0.25, 0.3) is 11.6 Å². The van der Waals surface area contributed by atoms with Crippen molar-refractivity contribution in [2.24, 2.45) is 5.73 Å². The number of non-ortho nitro benzene ring substituents is 1. The number of aromatic nitrogens is 2. The molecule has 0 aliphatic rings. The number of rotatable bonds is 7. The first-order valence-electron chi connectivity index (χ1n) is 6.40. The number of nitro benzene ring substituents is 1. The van der Waals surface area contributed by atoms with Crippen LogP contribution in [0.4, 0.5) is 17.2 Å². The molecular formula is C13H14N6O3. The van der Waals surface area contributed by atoms with Gasteiger partial charge in [-0.1, -0.05) is 0 Å². The Labute approximate surface area is 125 Å². The number of nitrogens with one attached hydrogen (secondary N) is 2. The summed E-state index contributed by atoms with van der Waals surface area (Å²) in [5.41, 5.74) is 6.02. The Bertz CT molecular complexity index is 674. The first-order valence-corrected chi connectivity index (χ1v) is 6.40. The highest BCUT2D eigenvalue weighted by molar-refractivity contribution is 5.90. The number of carbonyl (C=O) groups excluding carboxylic acids is 1. The zero-order chi connectivity index (χ0) is 15.9. The van der Waals surface area contributed by atoms with Crippen molar-refractivity contribution in [3.05, 3.63) is 52.5 Å². The largest absolute Gasteiger partial charge is 0.383 e. The lowest BCUT2D eigenvalue weighted by Gasteiger charge is -2.08. The molecule has 0 unspecified atom stereocenters. The summed E-state index contributed by atoms with van der Waals surface area (Å²) in [5.74, 6) is -0.193. The van der Waals surface area contributed by atoms with E-state index in [1.54, 1.807) is 12.1 Å². The molecule has 1 heterocycles. The van der Waals surface area contributed by atoms with Gasteiger partial charge < -0.3 is 16.4 Å². The molecule has 0 saturated heterocycles. The van der Waals surface area contributed by atoms with E-state index in [0.717, 1.165) is 5.69 Å². The first-order chi connectivity index (χ1) is 10.6. The van der Waals surface area contributed by atoms with Crippen LogP contribution >= 0.6 is 0 Å². The molecule has 0 bridgehead atoms. The van der Waals surface area contributed by atoms with Gasteiger partial charge in [-0.15, -0.1) is 0 Å². The second-order valence-corrected chi connectivity index (χ2v) is 4.31. The number of amides is 1. The van der Waals surface area contributed by atoms with Crippen LogP contribution in [-0.2, 0) is 0 Å². The fourth-order valence-electron chi connectivity index (χ4n) is 1.67. The minimum atomic E-state index is -0.639. The van der Waals surface area contributed by atoms with Crippen molar-refractivity contribution >= 4 is 23.1 Å². The Morgan fingerprint density at radius 3 is 2.50 bits per heavy atom. The highest BCUT2D eigenvalue weighted by atomic mass is 16.6. The van der Waals surface area contributed by atoms with E-state index in [2.05, 4.69) is 20.6 Å². The third-order valence-electron chi connectivity index (χ3n) is 2.73. The monoisotopic (exact) mass is 302 g/mol. The van der Waals surface area contributed by atoms with Crippen molar-refractivity contribution in [2.75, 3.05) is 23.7 Å². The molecule has 1 aromatic heterocycles. The normalized spacial score (nSPS) is 10.0. The third-order valence-corrected chi connectivity index (χ3v) is 2.73. The van der Waals surface area contributed by atoms with E-state index < -0.39 is 10.8 Å². The van der Waals surface area contributed by atoms with Crippen LogP contribution in [-0.4, -0.2) is 33.9 Å². The van der Waals surface area contributed by atoms with Crippen molar-refractivity contribution < 1.29 is 9.72 Å². The number of hydrogen-bond donors (Lipinski definition) is 3. The van der Waals surface area contributed by atoms with Gasteiger partial charge in [0.1, 0.15) is 11.5 Å². The second kappa shape index (κ2) is 6.97. The number of carbonyl (C=O) groups is 1. The van der Waals surface area contributed by atoms with Crippen molar-refractivity contribution in [1.82, 2.24) is 9.97 Å². The van der Waals surface area contributed by atoms with Crippen LogP contribution in [0.1, 0.15) is 10.5 Å². The maximum absolute atomic E-state index is 11.0. The predicted molar refractivity (Wildman–Crippen MR) is 80.6 cm³/mol. The van der Waals surface area contributed by atoms with Gasteiger partial charge in [0.05, 0.1) is 17.3 Å². The quantitative estimate of drug-likeness (QED) is 0.394. The molecule has 9 nitrogen and oxygen atoms in total. The average molecular weight is 302 g/mol. The SMILES string of the molecule is NC(=O)c1cncc(NCCNc2ccc([N+](=O)[O-])cc2)n1. The van der Waals surface area contributed by atoms with Gasteiger partial charge in [0.15, 0.2) is 0 Å². The van der Waals surface area contributed by atoms with Gasteiger partial charge in [0.2, 0.25) is 0 Å². The van der Waals surface area contributed by atoms with Gasteiger partial charge in [0, 0.05) is 30.9 Å². The molecule has 0 aliphatic heterocycles. The van der Waals surface area contributed by atoms with Crippen LogP contribution in [0, 0.1) is 10.1 Å². The van der Waals surface area contributed by atoms with Gasteiger partial charge in [-0.2, -0.15) is 0 Å². The summed E-state index contributed by atoms with van der Waals surface area (Å²) in [5, 5.41) is 16.6. The maximum atomic E-state index is 11.0. The van der Waals surface area contributed by atoms with Crippen LogP contribution in [0.3, 0.4) is 0 Å². The number of nitrogens with zero attached hydrogens (tertiary/aromatic N) is 3. The Balaban J connectivity index is 1.80. The molecule has 0 fully saturated rings. The predicted octanol–water partition coefficient (Wildman–Crippen LogP) is 1.01. The lowest BCUT2D eigenvalue weighted by molar-refractivity contribution is -0.384. The maximum Gasteiger partial charge on any atom is 0.269 e. The van der Waals surface area contributed by atoms with Gasteiger partial charge in [-0.3, -0.25) is 19.9 Å². The zero-order valence-electron chi connectivity index (χ0n) is 11.5. The number of hydrogen-bond acceptors (Lipinski definition) is 7. The zero-order valence-corrected chi connectivity index (χ0v) is 11.5. The molecule has 4 N–H and O–H groups in total. The third kappa shape index (κ3) is 4.13. The number of anilines is 2. The van der Waals surface area contributed by atoms with Crippen molar-refractivity contribution in [3.8, 4) is 0 Å². The number of nitrogens with two attached hydrogens (primary N) is 1. The molecule has 1 aromatic carbocycles. The summed E-state index contributed by atoms with van der Waals surface area (Å²) in [4.78, 5) is 28.9.